The molecule has 2 N–H and O–H groups in total. The van der Waals surface area contributed by atoms with Crippen LogP contribution in [0.15, 0.2) is 43.0 Å². The van der Waals surface area contributed by atoms with Gasteiger partial charge in [0.1, 0.15) is 11.8 Å². The van der Waals surface area contributed by atoms with Gasteiger partial charge in [0.2, 0.25) is 0 Å². The van der Waals surface area contributed by atoms with E-state index in [0.29, 0.717) is 5.13 Å². The van der Waals surface area contributed by atoms with Crippen LogP contribution in [0.25, 0.3) is 21.1 Å². The highest BCUT2D eigenvalue weighted by Gasteiger charge is 2.27. The van der Waals surface area contributed by atoms with Crippen molar-refractivity contribution in [1.82, 2.24) is 19.9 Å². The van der Waals surface area contributed by atoms with E-state index in [4.69, 9.17) is 5.73 Å². The Morgan fingerprint density at radius 2 is 2.11 bits per heavy atom. The first-order valence-electron chi connectivity index (χ1n) is 8.92. The number of nitrogens with zero attached hydrogens (tertiary/aromatic N) is 6. The van der Waals surface area contributed by atoms with Crippen LogP contribution >= 0.6 is 11.3 Å². The number of pyridine rings is 1. The summed E-state index contributed by atoms with van der Waals surface area (Å²) < 4.78 is 0. The molecule has 0 aliphatic carbocycles. The molecule has 4 aromatic rings. The molecule has 0 spiro atoms. The van der Waals surface area contributed by atoms with E-state index in [2.05, 4.69) is 60.9 Å². The van der Waals surface area contributed by atoms with Crippen LogP contribution in [0.2, 0.25) is 0 Å². The summed E-state index contributed by atoms with van der Waals surface area (Å²) in [5.41, 5.74) is 7.94. The summed E-state index contributed by atoms with van der Waals surface area (Å²) >= 11 is 1.40. The third kappa shape index (κ3) is 2.73. The van der Waals surface area contributed by atoms with Crippen molar-refractivity contribution >= 4 is 49.1 Å². The normalized spacial score (nSPS) is 17.7. The topological polar surface area (TPSA) is 84.1 Å². The standard InChI is InChI=1S/C19H19N7S/c1-12-10-25(15-4-2-3-13-9-21-6-5-14(13)15)7-8-26(12)17-16-18(23-11-22-17)27-19(20)24-16/h2-6,9,11-12H,7-8,10H2,1H3,(H2,20,24). The first-order valence-corrected chi connectivity index (χ1v) is 9.74. The Morgan fingerprint density at radius 1 is 1.19 bits per heavy atom. The van der Waals surface area contributed by atoms with Crippen LogP contribution in [-0.4, -0.2) is 45.6 Å². The number of rotatable bonds is 2. The van der Waals surface area contributed by atoms with E-state index in [1.165, 1.54) is 27.8 Å². The highest BCUT2D eigenvalue weighted by atomic mass is 32.1. The summed E-state index contributed by atoms with van der Waals surface area (Å²) in [4.78, 5) is 23.1. The molecule has 1 fully saturated rings. The SMILES string of the molecule is CC1CN(c2cccc3cnccc23)CCN1c1ncnc2sc(N)nc12. The van der Waals surface area contributed by atoms with Gasteiger partial charge in [-0.2, -0.15) is 0 Å². The minimum absolute atomic E-state index is 0.289. The fourth-order valence-electron chi connectivity index (χ4n) is 3.84. The maximum atomic E-state index is 5.88. The minimum Gasteiger partial charge on any atom is -0.375 e. The zero-order valence-corrected chi connectivity index (χ0v) is 15.7. The van der Waals surface area contributed by atoms with Crippen LogP contribution in [0, 0.1) is 0 Å². The van der Waals surface area contributed by atoms with Crippen molar-refractivity contribution < 1.29 is 0 Å². The monoisotopic (exact) mass is 377 g/mol. The molecular weight excluding hydrogens is 358 g/mol. The average molecular weight is 377 g/mol. The summed E-state index contributed by atoms with van der Waals surface area (Å²) in [6, 6.07) is 8.78. The van der Waals surface area contributed by atoms with Crippen molar-refractivity contribution in [2.45, 2.75) is 13.0 Å². The van der Waals surface area contributed by atoms with Gasteiger partial charge in [-0.15, -0.1) is 0 Å². The summed E-state index contributed by atoms with van der Waals surface area (Å²) in [5.74, 6) is 0.877. The van der Waals surface area contributed by atoms with Crippen LogP contribution in [0.3, 0.4) is 0 Å². The van der Waals surface area contributed by atoms with Gasteiger partial charge in [-0.1, -0.05) is 23.5 Å². The second-order valence-corrected chi connectivity index (χ2v) is 7.77. The zero-order valence-electron chi connectivity index (χ0n) is 14.9. The van der Waals surface area contributed by atoms with Crippen LogP contribution < -0.4 is 15.5 Å². The highest BCUT2D eigenvalue weighted by molar-refractivity contribution is 7.21. The third-order valence-corrected chi connectivity index (χ3v) is 5.88. The number of thiazole rings is 1. The largest absolute Gasteiger partial charge is 0.375 e. The van der Waals surface area contributed by atoms with Gasteiger partial charge in [-0.05, 0) is 19.1 Å². The second kappa shape index (κ2) is 6.31. The molecule has 4 heterocycles. The molecular formula is C19H19N7S. The molecule has 27 heavy (non-hydrogen) atoms. The van der Waals surface area contributed by atoms with E-state index in [9.17, 15) is 0 Å². The van der Waals surface area contributed by atoms with Gasteiger partial charge >= 0.3 is 0 Å². The van der Waals surface area contributed by atoms with Gasteiger partial charge in [0.05, 0.1) is 0 Å². The molecule has 0 bridgehead atoms. The van der Waals surface area contributed by atoms with Crippen molar-refractivity contribution in [2.75, 3.05) is 35.2 Å². The van der Waals surface area contributed by atoms with Crippen molar-refractivity contribution in [3.63, 3.8) is 0 Å². The van der Waals surface area contributed by atoms with E-state index >= 15 is 0 Å². The van der Waals surface area contributed by atoms with Crippen molar-refractivity contribution in [3.05, 3.63) is 43.0 Å². The molecule has 1 unspecified atom stereocenters. The lowest BCUT2D eigenvalue weighted by molar-refractivity contribution is 0.548. The Balaban J connectivity index is 1.47. The lowest BCUT2D eigenvalue weighted by Crippen LogP contribution is -2.52. The lowest BCUT2D eigenvalue weighted by Gasteiger charge is -2.41. The molecule has 1 atom stereocenters. The van der Waals surface area contributed by atoms with Crippen LogP contribution in [-0.2, 0) is 0 Å². The number of benzene rings is 1. The van der Waals surface area contributed by atoms with Crippen molar-refractivity contribution in [3.8, 4) is 0 Å². The van der Waals surface area contributed by atoms with Gasteiger partial charge in [0.25, 0.3) is 0 Å². The molecule has 3 aromatic heterocycles. The number of hydrogen-bond donors (Lipinski definition) is 1. The Bertz CT molecular complexity index is 1120. The third-order valence-electron chi connectivity index (χ3n) is 5.09. The van der Waals surface area contributed by atoms with Gasteiger partial charge in [0, 0.05) is 54.5 Å². The number of hydrogen-bond acceptors (Lipinski definition) is 8. The van der Waals surface area contributed by atoms with Gasteiger partial charge < -0.3 is 15.5 Å². The van der Waals surface area contributed by atoms with Gasteiger partial charge in [-0.3, -0.25) is 4.98 Å². The molecule has 136 valence electrons. The highest BCUT2D eigenvalue weighted by Crippen LogP contribution is 2.32. The van der Waals surface area contributed by atoms with E-state index in [1.807, 2.05) is 12.4 Å². The van der Waals surface area contributed by atoms with E-state index in [1.54, 1.807) is 6.33 Å². The smallest absolute Gasteiger partial charge is 0.182 e. The molecule has 0 amide bonds. The first kappa shape index (κ1) is 16.2. The van der Waals surface area contributed by atoms with Gasteiger partial charge in [-0.25, -0.2) is 15.0 Å². The maximum absolute atomic E-state index is 5.88. The Labute approximate surface area is 160 Å². The van der Waals surface area contributed by atoms with Crippen LogP contribution in [0.5, 0.6) is 0 Å². The van der Waals surface area contributed by atoms with E-state index in [-0.39, 0.29) is 6.04 Å². The number of anilines is 3. The summed E-state index contributed by atoms with van der Waals surface area (Å²) in [5, 5.41) is 2.94. The fourth-order valence-corrected chi connectivity index (χ4v) is 4.51. The zero-order chi connectivity index (χ0) is 18.4. The quantitative estimate of drug-likeness (QED) is 0.575. The molecule has 0 radical (unpaired) electrons. The molecule has 0 saturated carbocycles. The minimum atomic E-state index is 0.289. The van der Waals surface area contributed by atoms with E-state index in [0.717, 1.165) is 35.8 Å². The van der Waals surface area contributed by atoms with E-state index < -0.39 is 0 Å². The van der Waals surface area contributed by atoms with Gasteiger partial charge in [0.15, 0.2) is 15.8 Å². The second-order valence-electron chi connectivity index (χ2n) is 6.77. The number of nitrogen functional groups attached to an aromatic ring is 1. The summed E-state index contributed by atoms with van der Waals surface area (Å²) in [6.45, 7) is 4.91. The molecule has 1 aliphatic rings. The molecule has 1 saturated heterocycles. The Kier molecular flexibility index (Phi) is 3.78. The predicted molar refractivity (Wildman–Crippen MR) is 110 cm³/mol. The van der Waals surface area contributed by atoms with Crippen LogP contribution in [0.4, 0.5) is 16.6 Å². The lowest BCUT2D eigenvalue weighted by atomic mass is 10.1. The number of nitrogens with two attached hydrogens (primary N) is 1. The number of piperazine rings is 1. The summed E-state index contributed by atoms with van der Waals surface area (Å²) in [7, 11) is 0. The Hall–Kier alpha value is -3.00. The molecule has 7 nitrogen and oxygen atoms in total. The molecule has 8 heteroatoms. The molecule has 1 aliphatic heterocycles. The number of aromatic nitrogens is 4. The maximum Gasteiger partial charge on any atom is 0.182 e. The average Bonchev–Trinajstić information content (AvgIpc) is 3.08. The van der Waals surface area contributed by atoms with Crippen molar-refractivity contribution in [2.24, 2.45) is 0 Å². The predicted octanol–water partition coefficient (Wildman–Crippen LogP) is 2.93. The fraction of sp³-hybridized carbons (Fsp3) is 0.263. The molecule has 5 rings (SSSR count). The first-order chi connectivity index (χ1) is 13.2. The van der Waals surface area contributed by atoms with Crippen molar-refractivity contribution in [1.29, 1.82) is 0 Å². The number of fused-ring (bicyclic) bond motifs is 2. The summed E-state index contributed by atoms with van der Waals surface area (Å²) in [6.07, 6.45) is 5.38. The van der Waals surface area contributed by atoms with Crippen LogP contribution in [0.1, 0.15) is 6.92 Å². The molecule has 1 aromatic carbocycles. The Morgan fingerprint density at radius 3 is 3.00 bits per heavy atom.